The Kier molecular flexibility index (Phi) is 3.51. The van der Waals surface area contributed by atoms with Crippen LogP contribution in [0.1, 0.15) is 18.9 Å². The minimum absolute atomic E-state index is 0.155. The summed E-state index contributed by atoms with van der Waals surface area (Å²) >= 11 is 0. The van der Waals surface area contributed by atoms with Gasteiger partial charge < -0.3 is 15.3 Å². The zero-order valence-corrected chi connectivity index (χ0v) is 8.50. The Hall–Kier alpha value is -1.51. The van der Waals surface area contributed by atoms with Gasteiger partial charge in [0.1, 0.15) is 0 Å². The quantitative estimate of drug-likeness (QED) is 0.721. The van der Waals surface area contributed by atoms with Crippen molar-refractivity contribution in [1.82, 2.24) is 0 Å². The Morgan fingerprint density at radius 2 is 2.21 bits per heavy atom. The largest absolute Gasteiger partial charge is 0.504 e. The number of hydrogen-bond acceptors (Lipinski definition) is 3. The second kappa shape index (κ2) is 4.65. The van der Waals surface area contributed by atoms with Gasteiger partial charge in [-0.2, -0.15) is 0 Å². The molecule has 0 fully saturated rings. The van der Waals surface area contributed by atoms with Gasteiger partial charge in [-0.05, 0) is 37.5 Å². The number of phenols is 1. The van der Waals surface area contributed by atoms with Crippen molar-refractivity contribution in [2.24, 2.45) is 0 Å². The highest BCUT2D eigenvalue weighted by atomic mass is 16.5. The maximum absolute atomic E-state index is 9.35. The molecule has 0 unspecified atom stereocenters. The molecule has 14 heavy (non-hydrogen) atoms. The molecule has 0 amide bonds. The molecule has 0 spiro atoms. The van der Waals surface area contributed by atoms with Crippen LogP contribution in [0.3, 0.4) is 0 Å². The molecule has 0 aliphatic carbocycles. The molecule has 1 rings (SSSR count). The summed E-state index contributed by atoms with van der Waals surface area (Å²) < 4.78 is 4.99. The summed E-state index contributed by atoms with van der Waals surface area (Å²) in [5.41, 5.74) is 1.74. The maximum Gasteiger partial charge on any atom is 0.160 e. The van der Waals surface area contributed by atoms with Gasteiger partial charge in [-0.3, -0.25) is 0 Å². The third-order valence-corrected chi connectivity index (χ3v) is 2.03. The fourth-order valence-corrected chi connectivity index (χ4v) is 1.21. The monoisotopic (exact) mass is 193 g/mol. The molecule has 1 aromatic rings. The van der Waals surface area contributed by atoms with E-state index in [0.29, 0.717) is 11.5 Å². The predicted molar refractivity (Wildman–Crippen MR) is 56.4 cm³/mol. The number of ether oxygens (including phenoxy) is 1. The number of rotatable bonds is 4. The SMILES string of the molecule is COc1cc(CCC(C)=N)ccc1O. The number of hydrogen-bond donors (Lipinski definition) is 2. The van der Waals surface area contributed by atoms with E-state index in [-0.39, 0.29) is 5.75 Å². The van der Waals surface area contributed by atoms with E-state index < -0.39 is 0 Å². The molecule has 3 nitrogen and oxygen atoms in total. The highest BCUT2D eigenvalue weighted by Crippen LogP contribution is 2.26. The number of methoxy groups -OCH3 is 1. The number of benzene rings is 1. The van der Waals surface area contributed by atoms with Crippen LogP contribution in [0, 0.1) is 5.41 Å². The van der Waals surface area contributed by atoms with Gasteiger partial charge in [0, 0.05) is 5.71 Å². The highest BCUT2D eigenvalue weighted by Gasteiger charge is 2.02. The average Bonchev–Trinajstić information content (AvgIpc) is 2.16. The smallest absolute Gasteiger partial charge is 0.160 e. The summed E-state index contributed by atoms with van der Waals surface area (Å²) in [6.45, 7) is 1.79. The van der Waals surface area contributed by atoms with E-state index in [1.165, 1.54) is 7.11 Å². The van der Waals surface area contributed by atoms with Gasteiger partial charge in [0.2, 0.25) is 0 Å². The molecule has 0 saturated carbocycles. The highest BCUT2D eigenvalue weighted by molar-refractivity contribution is 5.78. The first kappa shape index (κ1) is 10.6. The van der Waals surface area contributed by atoms with Crippen molar-refractivity contribution >= 4 is 5.71 Å². The van der Waals surface area contributed by atoms with E-state index >= 15 is 0 Å². The molecule has 0 aliphatic rings. The van der Waals surface area contributed by atoms with E-state index in [1.807, 2.05) is 6.07 Å². The second-order valence-corrected chi connectivity index (χ2v) is 3.29. The van der Waals surface area contributed by atoms with Gasteiger partial charge in [0.05, 0.1) is 7.11 Å². The fourth-order valence-electron chi connectivity index (χ4n) is 1.21. The van der Waals surface area contributed by atoms with Crippen molar-refractivity contribution < 1.29 is 9.84 Å². The van der Waals surface area contributed by atoms with E-state index in [1.54, 1.807) is 19.1 Å². The Morgan fingerprint density at radius 3 is 2.79 bits per heavy atom. The zero-order valence-electron chi connectivity index (χ0n) is 8.50. The molecule has 76 valence electrons. The summed E-state index contributed by atoms with van der Waals surface area (Å²) in [6, 6.07) is 5.27. The van der Waals surface area contributed by atoms with E-state index in [2.05, 4.69) is 0 Å². The first-order valence-corrected chi connectivity index (χ1v) is 4.53. The Balaban J connectivity index is 2.74. The van der Waals surface area contributed by atoms with Crippen LogP contribution in [0.25, 0.3) is 0 Å². The second-order valence-electron chi connectivity index (χ2n) is 3.29. The third kappa shape index (κ3) is 2.76. The first-order chi connectivity index (χ1) is 6.63. The molecule has 0 aliphatic heterocycles. The minimum atomic E-state index is 0.155. The lowest BCUT2D eigenvalue weighted by molar-refractivity contribution is 0.373. The average molecular weight is 193 g/mol. The van der Waals surface area contributed by atoms with Crippen molar-refractivity contribution in [2.75, 3.05) is 7.11 Å². The summed E-state index contributed by atoms with van der Waals surface area (Å²) in [5, 5.41) is 16.6. The van der Waals surface area contributed by atoms with Gasteiger partial charge >= 0.3 is 0 Å². The number of aryl methyl sites for hydroxylation is 1. The molecule has 0 bridgehead atoms. The van der Waals surface area contributed by atoms with Crippen LogP contribution in [-0.2, 0) is 6.42 Å². The summed E-state index contributed by atoms with van der Waals surface area (Å²) in [6.07, 6.45) is 1.56. The van der Waals surface area contributed by atoms with Crippen molar-refractivity contribution in [2.45, 2.75) is 19.8 Å². The summed E-state index contributed by atoms with van der Waals surface area (Å²) in [7, 11) is 1.53. The number of phenolic OH excluding ortho intramolecular Hbond substituents is 1. The normalized spacial score (nSPS) is 9.86. The lowest BCUT2D eigenvalue weighted by Crippen LogP contribution is -1.94. The molecule has 0 aromatic heterocycles. The van der Waals surface area contributed by atoms with Crippen molar-refractivity contribution in [3.8, 4) is 11.5 Å². The molecule has 1 aromatic carbocycles. The molecule has 0 saturated heterocycles. The first-order valence-electron chi connectivity index (χ1n) is 4.53. The van der Waals surface area contributed by atoms with E-state index in [4.69, 9.17) is 10.1 Å². The van der Waals surface area contributed by atoms with Crippen LogP contribution in [0.5, 0.6) is 11.5 Å². The predicted octanol–water partition coefficient (Wildman–Crippen LogP) is 2.37. The van der Waals surface area contributed by atoms with Crippen molar-refractivity contribution in [3.05, 3.63) is 23.8 Å². The van der Waals surface area contributed by atoms with Crippen LogP contribution in [-0.4, -0.2) is 17.9 Å². The van der Waals surface area contributed by atoms with Gasteiger partial charge in [-0.1, -0.05) is 6.07 Å². The third-order valence-electron chi connectivity index (χ3n) is 2.03. The summed E-state index contributed by atoms with van der Waals surface area (Å²) in [5.74, 6) is 0.646. The standard InChI is InChI=1S/C11H15NO2/c1-8(12)3-4-9-5-6-10(13)11(7-9)14-2/h5-7,12-13H,3-4H2,1-2H3. The molecule has 2 N–H and O–H groups in total. The molecular weight excluding hydrogens is 178 g/mol. The lowest BCUT2D eigenvalue weighted by atomic mass is 10.1. The van der Waals surface area contributed by atoms with Crippen molar-refractivity contribution in [3.63, 3.8) is 0 Å². The maximum atomic E-state index is 9.35. The lowest BCUT2D eigenvalue weighted by Gasteiger charge is -2.06. The number of nitrogens with one attached hydrogen (secondary N) is 1. The Morgan fingerprint density at radius 1 is 1.50 bits per heavy atom. The minimum Gasteiger partial charge on any atom is -0.504 e. The molecule has 0 radical (unpaired) electrons. The van der Waals surface area contributed by atoms with E-state index in [0.717, 1.165) is 18.4 Å². The molecule has 0 heterocycles. The molecule has 3 heteroatoms. The fraction of sp³-hybridized carbons (Fsp3) is 0.364. The van der Waals surface area contributed by atoms with Crippen LogP contribution in [0.4, 0.5) is 0 Å². The van der Waals surface area contributed by atoms with Gasteiger partial charge in [-0.25, -0.2) is 0 Å². The Bertz CT molecular complexity index is 334. The van der Waals surface area contributed by atoms with Gasteiger partial charge in [0.25, 0.3) is 0 Å². The zero-order chi connectivity index (χ0) is 10.6. The van der Waals surface area contributed by atoms with Crippen molar-refractivity contribution in [1.29, 1.82) is 5.41 Å². The molecular formula is C11H15NO2. The van der Waals surface area contributed by atoms with Crippen LogP contribution in [0.15, 0.2) is 18.2 Å². The van der Waals surface area contributed by atoms with Gasteiger partial charge in [-0.15, -0.1) is 0 Å². The van der Waals surface area contributed by atoms with Crippen LogP contribution in [0.2, 0.25) is 0 Å². The topological polar surface area (TPSA) is 53.3 Å². The number of aromatic hydroxyl groups is 1. The molecule has 0 atom stereocenters. The van der Waals surface area contributed by atoms with Gasteiger partial charge in [0.15, 0.2) is 11.5 Å². The van der Waals surface area contributed by atoms with E-state index in [9.17, 15) is 5.11 Å². The van der Waals surface area contributed by atoms with Crippen LogP contribution >= 0.6 is 0 Å². The summed E-state index contributed by atoms with van der Waals surface area (Å²) in [4.78, 5) is 0. The van der Waals surface area contributed by atoms with Crippen LogP contribution < -0.4 is 4.74 Å². The Labute approximate surface area is 83.8 Å².